The Balaban J connectivity index is 1.46. The summed E-state index contributed by atoms with van der Waals surface area (Å²) in [7, 11) is 0. The first-order chi connectivity index (χ1) is 17.5. The van der Waals surface area contributed by atoms with Gasteiger partial charge in [0, 0.05) is 50.9 Å². The molecule has 36 heavy (non-hydrogen) atoms. The van der Waals surface area contributed by atoms with Gasteiger partial charge in [0.25, 0.3) is 0 Å². The fourth-order valence-corrected chi connectivity index (χ4v) is 5.95. The summed E-state index contributed by atoms with van der Waals surface area (Å²) >= 11 is 0. The summed E-state index contributed by atoms with van der Waals surface area (Å²) in [6, 6.07) is 9.13. The fourth-order valence-electron chi connectivity index (χ4n) is 5.95. The monoisotopic (exact) mass is 496 g/mol. The smallest absolute Gasteiger partial charge is 0.326 e. The van der Waals surface area contributed by atoms with Gasteiger partial charge in [0.2, 0.25) is 0 Å². The number of aromatic nitrogens is 1. The van der Waals surface area contributed by atoms with Gasteiger partial charge >= 0.3 is 6.03 Å². The molecule has 4 heterocycles. The van der Waals surface area contributed by atoms with Crippen LogP contribution in [0.25, 0.3) is 0 Å². The number of carbonyl (C=O) groups is 1. The van der Waals surface area contributed by atoms with Crippen LogP contribution in [0.15, 0.2) is 30.3 Å². The molecule has 5 rings (SSSR count). The lowest BCUT2D eigenvalue weighted by Crippen LogP contribution is -2.54. The lowest BCUT2D eigenvalue weighted by Gasteiger charge is -2.43. The van der Waals surface area contributed by atoms with Crippen molar-refractivity contribution in [3.05, 3.63) is 58.5 Å². The number of aryl methyl sites for hydroxylation is 1. The molecular formula is C27H37FN6O2. The lowest BCUT2D eigenvalue weighted by molar-refractivity contribution is 0.0639. The molecule has 8 nitrogen and oxygen atoms in total. The number of rotatable bonds is 7. The maximum atomic E-state index is 14.3. The summed E-state index contributed by atoms with van der Waals surface area (Å²) in [6.45, 7) is 8.96. The molecule has 3 saturated heterocycles. The van der Waals surface area contributed by atoms with E-state index < -0.39 is 0 Å². The molecule has 3 aliphatic rings. The summed E-state index contributed by atoms with van der Waals surface area (Å²) in [5, 5.41) is 9.40. The summed E-state index contributed by atoms with van der Waals surface area (Å²) in [5.74, 6) is 0.809. The van der Waals surface area contributed by atoms with E-state index in [0.29, 0.717) is 36.9 Å². The number of aliphatic hydroxyl groups is 1. The van der Waals surface area contributed by atoms with Crippen LogP contribution < -0.4 is 15.8 Å². The van der Waals surface area contributed by atoms with Crippen LogP contribution in [0.3, 0.4) is 0 Å². The number of nitrogens with one attached hydrogen (secondary N) is 2. The van der Waals surface area contributed by atoms with E-state index in [1.165, 1.54) is 11.6 Å². The van der Waals surface area contributed by atoms with Gasteiger partial charge in [-0.15, -0.1) is 0 Å². The number of urea groups is 1. The first-order valence-corrected chi connectivity index (χ1v) is 13.1. The van der Waals surface area contributed by atoms with Crippen LogP contribution in [-0.4, -0.2) is 77.3 Å². The van der Waals surface area contributed by atoms with Gasteiger partial charge in [0.15, 0.2) is 0 Å². The number of nitrogens with zero attached hydrogens (tertiary/aromatic N) is 4. The molecule has 1 aromatic carbocycles. The average molecular weight is 497 g/mol. The molecule has 0 aliphatic carbocycles. The highest BCUT2D eigenvalue weighted by atomic mass is 19.1. The highest BCUT2D eigenvalue weighted by Gasteiger charge is 2.51. The number of hydrogen-bond donors (Lipinski definition) is 3. The van der Waals surface area contributed by atoms with Crippen molar-refractivity contribution in [3.8, 4) is 0 Å². The predicted octanol–water partition coefficient (Wildman–Crippen LogP) is 2.55. The number of aliphatic hydroxyl groups excluding tert-OH is 1. The van der Waals surface area contributed by atoms with Gasteiger partial charge in [0.1, 0.15) is 11.6 Å². The normalized spacial score (nSPS) is 20.7. The third-order valence-corrected chi connectivity index (χ3v) is 8.27. The molecule has 0 atom stereocenters. The van der Waals surface area contributed by atoms with Crippen LogP contribution in [0.2, 0.25) is 0 Å². The Labute approximate surface area is 212 Å². The standard InChI is InChI=1S/C27H37FN6O2/c1-3-24-22(21-15-29-30-16-21)7-8-25(31-24)33-18-27(9-11-32(12-10-27)13-14-35)34(26(33)36)17-20-5-4-6-23(28)19(20)2/h4-8,21,29-30,35H,3,9-18H2,1-2H3. The zero-order valence-electron chi connectivity index (χ0n) is 21.3. The number of hydrazine groups is 1. The number of benzene rings is 1. The zero-order chi connectivity index (χ0) is 25.3. The summed E-state index contributed by atoms with van der Waals surface area (Å²) in [5.41, 5.74) is 9.71. The number of likely N-dealkylation sites (tertiary alicyclic amines) is 1. The van der Waals surface area contributed by atoms with E-state index in [-0.39, 0.29) is 24.0 Å². The van der Waals surface area contributed by atoms with E-state index in [9.17, 15) is 14.3 Å². The Bertz CT molecular complexity index is 1100. The van der Waals surface area contributed by atoms with E-state index in [0.717, 1.165) is 56.7 Å². The average Bonchev–Trinajstić information content (AvgIpc) is 3.51. The van der Waals surface area contributed by atoms with Crippen molar-refractivity contribution in [2.45, 2.75) is 51.1 Å². The van der Waals surface area contributed by atoms with Crippen molar-refractivity contribution in [2.24, 2.45) is 0 Å². The predicted molar refractivity (Wildman–Crippen MR) is 137 cm³/mol. The maximum Gasteiger partial charge on any atom is 0.326 e. The van der Waals surface area contributed by atoms with E-state index in [1.807, 2.05) is 21.9 Å². The Morgan fingerprint density at radius 3 is 2.61 bits per heavy atom. The van der Waals surface area contributed by atoms with Crippen molar-refractivity contribution in [3.63, 3.8) is 0 Å². The van der Waals surface area contributed by atoms with Crippen LogP contribution in [0.4, 0.5) is 15.0 Å². The van der Waals surface area contributed by atoms with E-state index >= 15 is 0 Å². The molecule has 2 amide bonds. The number of pyridine rings is 1. The quantitative estimate of drug-likeness (QED) is 0.547. The molecule has 3 aliphatic heterocycles. The number of β-amino-alcohol motifs (C(OH)–C–C–N with tert-alkyl or cyclic N) is 1. The van der Waals surface area contributed by atoms with Crippen molar-refractivity contribution >= 4 is 11.8 Å². The minimum absolute atomic E-state index is 0.0687. The van der Waals surface area contributed by atoms with Gasteiger partial charge in [-0.25, -0.2) is 14.2 Å². The highest BCUT2D eigenvalue weighted by Crippen LogP contribution is 2.39. The highest BCUT2D eigenvalue weighted by molar-refractivity contribution is 5.94. The number of hydrogen-bond acceptors (Lipinski definition) is 6. The van der Waals surface area contributed by atoms with Crippen LogP contribution in [0.5, 0.6) is 0 Å². The first-order valence-electron chi connectivity index (χ1n) is 13.1. The third-order valence-electron chi connectivity index (χ3n) is 8.27. The molecular weight excluding hydrogens is 459 g/mol. The Morgan fingerprint density at radius 1 is 1.17 bits per heavy atom. The van der Waals surface area contributed by atoms with E-state index in [1.54, 1.807) is 13.0 Å². The van der Waals surface area contributed by atoms with Gasteiger partial charge < -0.3 is 14.9 Å². The minimum atomic E-state index is -0.353. The maximum absolute atomic E-state index is 14.3. The molecule has 3 N–H and O–H groups in total. The van der Waals surface area contributed by atoms with Gasteiger partial charge in [0.05, 0.1) is 18.7 Å². The molecule has 2 aromatic rings. The van der Waals surface area contributed by atoms with Gasteiger partial charge in [-0.3, -0.25) is 15.8 Å². The third kappa shape index (κ3) is 4.61. The molecule has 1 aromatic heterocycles. The Kier molecular flexibility index (Phi) is 7.25. The molecule has 3 fully saturated rings. The van der Waals surface area contributed by atoms with Crippen LogP contribution >= 0.6 is 0 Å². The van der Waals surface area contributed by atoms with Crippen molar-refractivity contribution in [1.82, 2.24) is 25.6 Å². The minimum Gasteiger partial charge on any atom is -0.395 e. The van der Waals surface area contributed by atoms with Crippen LogP contribution in [0.1, 0.15) is 48.1 Å². The van der Waals surface area contributed by atoms with Crippen molar-refractivity contribution < 1.29 is 14.3 Å². The zero-order valence-corrected chi connectivity index (χ0v) is 21.3. The number of amides is 2. The van der Waals surface area contributed by atoms with Crippen LogP contribution in [0, 0.1) is 12.7 Å². The molecule has 194 valence electrons. The molecule has 0 unspecified atom stereocenters. The second kappa shape index (κ2) is 10.4. The summed E-state index contributed by atoms with van der Waals surface area (Å²) in [4.78, 5) is 25.0. The van der Waals surface area contributed by atoms with E-state index in [2.05, 4.69) is 28.7 Å². The summed E-state index contributed by atoms with van der Waals surface area (Å²) < 4.78 is 14.3. The van der Waals surface area contributed by atoms with Crippen LogP contribution in [-0.2, 0) is 13.0 Å². The van der Waals surface area contributed by atoms with Crippen molar-refractivity contribution in [1.29, 1.82) is 0 Å². The topological polar surface area (TPSA) is 84.0 Å². The van der Waals surface area contributed by atoms with Crippen molar-refractivity contribution in [2.75, 3.05) is 50.8 Å². The van der Waals surface area contributed by atoms with Gasteiger partial charge in [-0.05, 0) is 55.0 Å². The second-order valence-electron chi connectivity index (χ2n) is 10.3. The molecule has 0 saturated carbocycles. The largest absolute Gasteiger partial charge is 0.395 e. The summed E-state index contributed by atoms with van der Waals surface area (Å²) in [6.07, 6.45) is 2.42. The number of carbonyl (C=O) groups excluding carboxylic acids is 1. The fraction of sp³-hybridized carbons (Fsp3) is 0.556. The number of anilines is 1. The lowest BCUT2D eigenvalue weighted by atomic mass is 9.86. The van der Waals surface area contributed by atoms with Gasteiger partial charge in [-0.2, -0.15) is 0 Å². The first kappa shape index (κ1) is 25.1. The van der Waals surface area contributed by atoms with Gasteiger partial charge in [-0.1, -0.05) is 25.1 Å². The molecule has 0 radical (unpaired) electrons. The molecule has 1 spiro atoms. The van der Waals surface area contributed by atoms with E-state index in [4.69, 9.17) is 4.98 Å². The Morgan fingerprint density at radius 2 is 1.92 bits per heavy atom. The Hall–Kier alpha value is -2.59. The second-order valence-corrected chi connectivity index (χ2v) is 10.3. The SMILES string of the molecule is CCc1nc(N2CC3(CCN(CCO)CC3)N(Cc3cccc(F)c3C)C2=O)ccc1C1CNNC1. The number of piperidine rings is 1. The number of halogens is 1. The molecule has 9 heteroatoms. The molecule has 0 bridgehead atoms.